The second kappa shape index (κ2) is 5.75. The van der Waals surface area contributed by atoms with Gasteiger partial charge < -0.3 is 15.6 Å². The highest BCUT2D eigenvalue weighted by Crippen LogP contribution is 2.28. The summed E-state index contributed by atoms with van der Waals surface area (Å²) in [6, 6.07) is 1.96. The molecule has 8 heteroatoms. The van der Waals surface area contributed by atoms with Crippen molar-refractivity contribution in [2.45, 2.75) is 12.5 Å². The van der Waals surface area contributed by atoms with Crippen molar-refractivity contribution in [1.82, 2.24) is 25.3 Å². The molecule has 0 saturated carbocycles. The standard InChI is InChI=1S/C15H14ClFN6/c16-8-3-10-11(6-20-13(10)19-4-8)14-21-7-12(17)15(23-14)22-9-1-2-18-5-9/h3-4,6-7,9,18H,1-2,5H2,(H,19,20)(H,21,22,23)/t9-/m1/s1. The topological polar surface area (TPSA) is 78.5 Å². The SMILES string of the molecule is Fc1cnc(-c2c[nH]c3ncc(Cl)cc23)nc1N[C@@H]1CCNC1. The minimum Gasteiger partial charge on any atom is -0.363 e. The first kappa shape index (κ1) is 14.3. The lowest BCUT2D eigenvalue weighted by Crippen LogP contribution is -2.23. The van der Waals surface area contributed by atoms with Gasteiger partial charge >= 0.3 is 0 Å². The Hall–Kier alpha value is -2.25. The van der Waals surface area contributed by atoms with E-state index >= 15 is 0 Å². The number of halogens is 2. The van der Waals surface area contributed by atoms with Crippen LogP contribution in [0, 0.1) is 5.82 Å². The molecule has 4 heterocycles. The monoisotopic (exact) mass is 332 g/mol. The molecule has 1 saturated heterocycles. The molecule has 0 aliphatic carbocycles. The number of H-pyrrole nitrogens is 1. The van der Waals surface area contributed by atoms with E-state index in [1.165, 1.54) is 6.20 Å². The lowest BCUT2D eigenvalue weighted by Gasteiger charge is -2.13. The number of hydrogen-bond acceptors (Lipinski definition) is 5. The molecule has 1 aliphatic heterocycles. The van der Waals surface area contributed by atoms with E-state index in [1.807, 2.05) is 0 Å². The zero-order chi connectivity index (χ0) is 15.8. The predicted molar refractivity (Wildman–Crippen MR) is 87.0 cm³/mol. The van der Waals surface area contributed by atoms with E-state index in [0.717, 1.165) is 30.5 Å². The van der Waals surface area contributed by atoms with Gasteiger partial charge in [0.15, 0.2) is 17.5 Å². The smallest absolute Gasteiger partial charge is 0.183 e. The molecule has 4 rings (SSSR count). The lowest BCUT2D eigenvalue weighted by atomic mass is 10.2. The maximum absolute atomic E-state index is 14.0. The minimum absolute atomic E-state index is 0.173. The van der Waals surface area contributed by atoms with Crippen LogP contribution in [0.2, 0.25) is 5.02 Å². The Bertz CT molecular complexity index is 858. The Morgan fingerprint density at radius 2 is 2.22 bits per heavy atom. The number of fused-ring (bicyclic) bond motifs is 1. The van der Waals surface area contributed by atoms with Crippen LogP contribution in [0.3, 0.4) is 0 Å². The highest BCUT2D eigenvalue weighted by molar-refractivity contribution is 6.31. The fraction of sp³-hybridized carbons (Fsp3) is 0.267. The van der Waals surface area contributed by atoms with Crippen LogP contribution in [0.4, 0.5) is 10.2 Å². The summed E-state index contributed by atoms with van der Waals surface area (Å²) in [5.41, 5.74) is 1.43. The van der Waals surface area contributed by atoms with E-state index in [0.29, 0.717) is 16.5 Å². The molecule has 0 spiro atoms. The summed E-state index contributed by atoms with van der Waals surface area (Å²) in [5.74, 6) is 0.180. The minimum atomic E-state index is -0.461. The Labute approximate surface area is 136 Å². The molecule has 0 aromatic carbocycles. The normalized spacial score (nSPS) is 17.7. The van der Waals surface area contributed by atoms with Crippen LogP contribution in [-0.2, 0) is 0 Å². The number of aromatic nitrogens is 4. The first-order valence-electron chi connectivity index (χ1n) is 7.33. The number of nitrogens with one attached hydrogen (secondary N) is 3. The lowest BCUT2D eigenvalue weighted by molar-refractivity contribution is 0.612. The van der Waals surface area contributed by atoms with Crippen molar-refractivity contribution in [3.63, 3.8) is 0 Å². The van der Waals surface area contributed by atoms with E-state index in [4.69, 9.17) is 11.6 Å². The molecule has 3 aromatic rings. The Morgan fingerprint density at radius 3 is 3.04 bits per heavy atom. The maximum atomic E-state index is 14.0. The van der Waals surface area contributed by atoms with Crippen LogP contribution < -0.4 is 10.6 Å². The molecule has 3 aromatic heterocycles. The molecule has 1 fully saturated rings. The first-order chi connectivity index (χ1) is 11.2. The van der Waals surface area contributed by atoms with Gasteiger partial charge in [0.05, 0.1) is 11.2 Å². The van der Waals surface area contributed by atoms with Crippen LogP contribution in [-0.4, -0.2) is 39.1 Å². The van der Waals surface area contributed by atoms with Gasteiger partial charge in [-0.3, -0.25) is 0 Å². The summed E-state index contributed by atoms with van der Waals surface area (Å²) >= 11 is 6.01. The highest BCUT2D eigenvalue weighted by Gasteiger charge is 2.18. The van der Waals surface area contributed by atoms with Gasteiger partial charge in [-0.15, -0.1) is 0 Å². The number of aromatic amines is 1. The second-order valence-corrected chi connectivity index (χ2v) is 5.91. The van der Waals surface area contributed by atoms with Crippen LogP contribution in [0.15, 0.2) is 24.7 Å². The van der Waals surface area contributed by atoms with Crippen molar-refractivity contribution in [2.24, 2.45) is 0 Å². The summed E-state index contributed by atoms with van der Waals surface area (Å²) in [7, 11) is 0. The molecular weight excluding hydrogens is 319 g/mol. The molecular formula is C15H14ClFN6. The van der Waals surface area contributed by atoms with E-state index in [9.17, 15) is 4.39 Å². The molecule has 6 nitrogen and oxygen atoms in total. The number of anilines is 1. The molecule has 0 unspecified atom stereocenters. The number of nitrogens with zero attached hydrogens (tertiary/aromatic N) is 3. The molecule has 3 N–H and O–H groups in total. The van der Waals surface area contributed by atoms with Gasteiger partial charge in [0.2, 0.25) is 0 Å². The number of rotatable bonds is 3. The van der Waals surface area contributed by atoms with E-state index in [-0.39, 0.29) is 11.9 Å². The second-order valence-electron chi connectivity index (χ2n) is 5.48. The summed E-state index contributed by atoms with van der Waals surface area (Å²) < 4.78 is 14.0. The van der Waals surface area contributed by atoms with Gasteiger partial charge in [-0.05, 0) is 19.0 Å². The highest BCUT2D eigenvalue weighted by atomic mass is 35.5. The average molecular weight is 333 g/mol. The zero-order valence-corrected chi connectivity index (χ0v) is 12.9. The Balaban J connectivity index is 1.74. The van der Waals surface area contributed by atoms with Crippen LogP contribution in [0.1, 0.15) is 6.42 Å². The Morgan fingerprint density at radius 1 is 1.30 bits per heavy atom. The Kier molecular flexibility index (Phi) is 3.59. The molecule has 0 radical (unpaired) electrons. The third-order valence-electron chi connectivity index (χ3n) is 3.88. The van der Waals surface area contributed by atoms with Crippen LogP contribution >= 0.6 is 11.6 Å². The molecule has 0 amide bonds. The largest absolute Gasteiger partial charge is 0.363 e. The fourth-order valence-corrected chi connectivity index (χ4v) is 2.89. The number of pyridine rings is 1. The molecule has 0 bridgehead atoms. The van der Waals surface area contributed by atoms with Crippen LogP contribution in [0.25, 0.3) is 22.4 Å². The molecule has 1 aliphatic rings. The average Bonchev–Trinajstić information content (AvgIpc) is 3.19. The number of hydrogen-bond donors (Lipinski definition) is 3. The maximum Gasteiger partial charge on any atom is 0.183 e. The van der Waals surface area contributed by atoms with Gasteiger partial charge in [-0.1, -0.05) is 11.6 Å². The fourth-order valence-electron chi connectivity index (χ4n) is 2.73. The van der Waals surface area contributed by atoms with E-state index in [2.05, 4.69) is 30.6 Å². The van der Waals surface area contributed by atoms with Crippen molar-refractivity contribution in [3.8, 4) is 11.4 Å². The van der Waals surface area contributed by atoms with Crippen molar-refractivity contribution >= 4 is 28.5 Å². The third kappa shape index (κ3) is 2.73. The van der Waals surface area contributed by atoms with E-state index in [1.54, 1.807) is 18.5 Å². The summed E-state index contributed by atoms with van der Waals surface area (Å²) in [6.45, 7) is 1.72. The first-order valence-corrected chi connectivity index (χ1v) is 7.71. The van der Waals surface area contributed by atoms with Gasteiger partial charge in [-0.25, -0.2) is 19.3 Å². The van der Waals surface area contributed by atoms with Gasteiger partial charge in [0, 0.05) is 35.9 Å². The summed E-state index contributed by atoms with van der Waals surface area (Å²) in [5, 5.41) is 7.69. The molecule has 118 valence electrons. The molecule has 23 heavy (non-hydrogen) atoms. The van der Waals surface area contributed by atoms with Gasteiger partial charge in [0.25, 0.3) is 0 Å². The van der Waals surface area contributed by atoms with E-state index < -0.39 is 5.82 Å². The summed E-state index contributed by atoms with van der Waals surface area (Å²) in [6.07, 6.45) is 5.44. The molecule has 1 atom stereocenters. The van der Waals surface area contributed by atoms with Crippen LogP contribution in [0.5, 0.6) is 0 Å². The zero-order valence-electron chi connectivity index (χ0n) is 12.1. The van der Waals surface area contributed by atoms with Gasteiger partial charge in [-0.2, -0.15) is 0 Å². The summed E-state index contributed by atoms with van der Waals surface area (Å²) in [4.78, 5) is 15.7. The quantitative estimate of drug-likeness (QED) is 0.687. The predicted octanol–water partition coefficient (Wildman–Crippen LogP) is 2.59. The van der Waals surface area contributed by atoms with Crippen molar-refractivity contribution in [3.05, 3.63) is 35.5 Å². The third-order valence-corrected chi connectivity index (χ3v) is 4.09. The van der Waals surface area contributed by atoms with Crippen molar-refractivity contribution in [1.29, 1.82) is 0 Å². The van der Waals surface area contributed by atoms with Crippen molar-refractivity contribution < 1.29 is 4.39 Å². The van der Waals surface area contributed by atoms with Crippen molar-refractivity contribution in [2.75, 3.05) is 18.4 Å². The van der Waals surface area contributed by atoms with Gasteiger partial charge in [0.1, 0.15) is 5.65 Å².